The molecule has 25 heavy (non-hydrogen) atoms. The predicted molar refractivity (Wildman–Crippen MR) is 92.4 cm³/mol. The van der Waals surface area contributed by atoms with Crippen molar-refractivity contribution in [2.24, 2.45) is 0 Å². The van der Waals surface area contributed by atoms with Gasteiger partial charge in [-0.1, -0.05) is 0 Å². The van der Waals surface area contributed by atoms with E-state index in [0.29, 0.717) is 5.69 Å². The Kier molecular flexibility index (Phi) is 6.59. The van der Waals surface area contributed by atoms with E-state index < -0.39 is 29.4 Å². The smallest absolute Gasteiger partial charge is 0.419 e. The number of carbonyl (C=O) groups is 2. The molecule has 1 rings (SSSR count). The number of aliphatic hydroxyl groups excluding tert-OH is 1. The van der Waals surface area contributed by atoms with E-state index in [2.05, 4.69) is 4.98 Å². The molecule has 0 bridgehead atoms. The van der Waals surface area contributed by atoms with Crippen LogP contribution in [0.15, 0.2) is 12.5 Å². The van der Waals surface area contributed by atoms with Crippen molar-refractivity contribution in [3.8, 4) is 0 Å². The zero-order valence-electron chi connectivity index (χ0n) is 16.1. The highest BCUT2D eigenvalue weighted by Gasteiger charge is 2.26. The highest BCUT2D eigenvalue weighted by molar-refractivity contribution is 5.70. The number of amides is 1. The fourth-order valence-corrected chi connectivity index (χ4v) is 1.93. The molecular weight excluding hydrogens is 326 g/mol. The number of imidazole rings is 1. The average molecular weight is 355 g/mol. The molecule has 8 nitrogen and oxygen atoms in total. The van der Waals surface area contributed by atoms with Gasteiger partial charge in [-0.05, 0) is 41.5 Å². The fraction of sp³-hybridized carbons (Fsp3) is 0.706. The summed E-state index contributed by atoms with van der Waals surface area (Å²) in [5.74, 6) is 0. The molecule has 1 amide bonds. The number of carbonyl (C=O) groups excluding carboxylic acids is 2. The molecule has 1 aromatic rings. The lowest BCUT2D eigenvalue weighted by molar-refractivity contribution is 0.0161. The SMILES string of the molecule is CN(C(=O)OC(C)(C)C)[C@H](CO)Cc1cn(C(=O)OC(C)(C)C)cn1. The number of aromatic nitrogens is 2. The molecule has 142 valence electrons. The molecule has 0 radical (unpaired) electrons. The van der Waals surface area contributed by atoms with E-state index in [0.717, 1.165) is 0 Å². The van der Waals surface area contributed by atoms with Crippen molar-refractivity contribution in [1.82, 2.24) is 14.5 Å². The van der Waals surface area contributed by atoms with Crippen LogP contribution in [0.25, 0.3) is 0 Å². The van der Waals surface area contributed by atoms with Crippen LogP contribution in [0.4, 0.5) is 9.59 Å². The largest absolute Gasteiger partial charge is 0.444 e. The van der Waals surface area contributed by atoms with Crippen LogP contribution in [0.3, 0.4) is 0 Å². The van der Waals surface area contributed by atoms with Gasteiger partial charge in [-0.3, -0.25) is 0 Å². The minimum atomic E-state index is -0.621. The van der Waals surface area contributed by atoms with E-state index in [1.807, 2.05) is 0 Å². The monoisotopic (exact) mass is 355 g/mol. The van der Waals surface area contributed by atoms with Crippen molar-refractivity contribution in [2.45, 2.75) is 65.2 Å². The zero-order chi connectivity index (χ0) is 19.4. The third-order valence-corrected chi connectivity index (χ3v) is 3.13. The molecule has 0 aliphatic heterocycles. The van der Waals surface area contributed by atoms with Crippen LogP contribution in [-0.2, 0) is 15.9 Å². The number of nitrogens with zero attached hydrogens (tertiary/aromatic N) is 3. The van der Waals surface area contributed by atoms with Crippen LogP contribution in [-0.4, -0.2) is 62.6 Å². The number of rotatable bonds is 4. The first-order chi connectivity index (χ1) is 11.3. The molecule has 0 saturated heterocycles. The molecule has 0 spiro atoms. The summed E-state index contributed by atoms with van der Waals surface area (Å²) in [7, 11) is 1.56. The summed E-state index contributed by atoms with van der Waals surface area (Å²) in [5.41, 5.74) is -0.671. The normalized spacial score (nSPS) is 13.3. The van der Waals surface area contributed by atoms with E-state index in [1.54, 1.807) is 48.6 Å². The lowest BCUT2D eigenvalue weighted by atomic mass is 10.1. The fourth-order valence-electron chi connectivity index (χ4n) is 1.93. The molecule has 0 aliphatic rings. The Bertz CT molecular complexity index is 598. The molecule has 0 aliphatic carbocycles. The van der Waals surface area contributed by atoms with Gasteiger partial charge in [-0.2, -0.15) is 0 Å². The second-order valence-electron chi connectivity index (χ2n) is 7.88. The minimum absolute atomic E-state index is 0.255. The third kappa shape index (κ3) is 7.13. The van der Waals surface area contributed by atoms with Gasteiger partial charge in [0.05, 0.1) is 18.3 Å². The maximum atomic E-state index is 12.1. The molecule has 8 heteroatoms. The standard InChI is InChI=1S/C17H29N3O5/c1-16(2,3)24-14(22)19(7)13(10-21)8-12-9-20(11-18-12)15(23)25-17(4,5)6/h9,11,13,21H,8,10H2,1-7H3/t13-/m0/s1. The predicted octanol–water partition coefficient (Wildman–Crippen LogP) is 2.44. The number of ether oxygens (including phenoxy) is 2. The molecule has 0 unspecified atom stereocenters. The summed E-state index contributed by atoms with van der Waals surface area (Å²) < 4.78 is 11.8. The molecule has 0 saturated carbocycles. The first kappa shape index (κ1) is 21.0. The first-order valence-electron chi connectivity index (χ1n) is 8.15. The Morgan fingerprint density at radius 2 is 1.76 bits per heavy atom. The number of hydrogen-bond donors (Lipinski definition) is 1. The molecule has 0 fully saturated rings. The van der Waals surface area contributed by atoms with Crippen LogP contribution in [0, 0.1) is 0 Å². The van der Waals surface area contributed by atoms with E-state index in [-0.39, 0.29) is 13.0 Å². The maximum absolute atomic E-state index is 12.1. The Morgan fingerprint density at radius 3 is 2.24 bits per heavy atom. The van der Waals surface area contributed by atoms with Crippen molar-refractivity contribution in [3.63, 3.8) is 0 Å². The van der Waals surface area contributed by atoms with E-state index in [1.165, 1.54) is 22.0 Å². The molecule has 1 heterocycles. The summed E-state index contributed by atoms with van der Waals surface area (Å²) in [6, 6.07) is -0.517. The van der Waals surface area contributed by atoms with Crippen molar-refractivity contribution in [3.05, 3.63) is 18.2 Å². The van der Waals surface area contributed by atoms with E-state index >= 15 is 0 Å². The summed E-state index contributed by atoms with van der Waals surface area (Å²) in [4.78, 5) is 29.6. The van der Waals surface area contributed by atoms with Crippen LogP contribution in [0.5, 0.6) is 0 Å². The summed E-state index contributed by atoms with van der Waals surface area (Å²) in [5, 5.41) is 9.60. The molecular formula is C17H29N3O5. The maximum Gasteiger partial charge on any atom is 0.419 e. The molecule has 1 N–H and O–H groups in total. The summed E-state index contributed by atoms with van der Waals surface area (Å²) in [6.07, 6.45) is 2.10. The van der Waals surface area contributed by atoms with Crippen LogP contribution >= 0.6 is 0 Å². The third-order valence-electron chi connectivity index (χ3n) is 3.13. The Hall–Kier alpha value is -2.09. The first-order valence-corrected chi connectivity index (χ1v) is 8.15. The van der Waals surface area contributed by atoms with Crippen molar-refractivity contribution >= 4 is 12.2 Å². The number of aliphatic hydroxyl groups is 1. The van der Waals surface area contributed by atoms with Crippen molar-refractivity contribution < 1.29 is 24.2 Å². The molecule has 0 aromatic carbocycles. The van der Waals surface area contributed by atoms with Crippen LogP contribution < -0.4 is 0 Å². The topological polar surface area (TPSA) is 93.9 Å². The highest BCUT2D eigenvalue weighted by atomic mass is 16.6. The average Bonchev–Trinajstić information content (AvgIpc) is 2.89. The highest BCUT2D eigenvalue weighted by Crippen LogP contribution is 2.14. The van der Waals surface area contributed by atoms with Crippen molar-refractivity contribution in [1.29, 1.82) is 0 Å². The quantitative estimate of drug-likeness (QED) is 0.891. The minimum Gasteiger partial charge on any atom is -0.444 e. The van der Waals surface area contributed by atoms with Gasteiger partial charge in [0.15, 0.2) is 0 Å². The van der Waals surface area contributed by atoms with Gasteiger partial charge in [-0.25, -0.2) is 19.1 Å². The van der Waals surface area contributed by atoms with Gasteiger partial charge in [-0.15, -0.1) is 0 Å². The van der Waals surface area contributed by atoms with Gasteiger partial charge in [0.2, 0.25) is 0 Å². The second-order valence-corrected chi connectivity index (χ2v) is 7.88. The Balaban J connectivity index is 2.76. The van der Waals surface area contributed by atoms with Gasteiger partial charge in [0, 0.05) is 19.7 Å². The number of likely N-dealkylation sites (N-methyl/N-ethyl adjacent to an activating group) is 1. The summed E-state index contributed by atoms with van der Waals surface area (Å²) in [6.45, 7) is 10.4. The lowest BCUT2D eigenvalue weighted by Crippen LogP contribution is -2.43. The number of hydrogen-bond acceptors (Lipinski definition) is 6. The zero-order valence-corrected chi connectivity index (χ0v) is 16.1. The van der Waals surface area contributed by atoms with Crippen molar-refractivity contribution in [2.75, 3.05) is 13.7 Å². The molecule has 1 aromatic heterocycles. The van der Waals surface area contributed by atoms with E-state index in [9.17, 15) is 14.7 Å². The van der Waals surface area contributed by atoms with Gasteiger partial charge >= 0.3 is 12.2 Å². The Morgan fingerprint density at radius 1 is 1.20 bits per heavy atom. The van der Waals surface area contributed by atoms with Crippen LogP contribution in [0.2, 0.25) is 0 Å². The van der Waals surface area contributed by atoms with E-state index in [4.69, 9.17) is 9.47 Å². The lowest BCUT2D eigenvalue weighted by Gasteiger charge is -2.29. The summed E-state index contributed by atoms with van der Waals surface area (Å²) >= 11 is 0. The van der Waals surface area contributed by atoms with Gasteiger partial charge < -0.3 is 19.5 Å². The van der Waals surface area contributed by atoms with Crippen LogP contribution in [0.1, 0.15) is 47.2 Å². The van der Waals surface area contributed by atoms with Gasteiger partial charge in [0.1, 0.15) is 17.5 Å². The molecule has 1 atom stereocenters. The van der Waals surface area contributed by atoms with Gasteiger partial charge in [0.25, 0.3) is 0 Å². The Labute approximate surface area is 148 Å². The second kappa shape index (κ2) is 7.86.